The summed E-state index contributed by atoms with van der Waals surface area (Å²) in [5, 5.41) is 8.59. The Morgan fingerprint density at radius 1 is 0.464 bits per heavy atom. The maximum absolute atomic E-state index is 13.5. The second-order valence-electron chi connectivity index (χ2n) is 4.28. The van der Waals surface area contributed by atoms with Gasteiger partial charge in [-0.3, -0.25) is 0 Å². The summed E-state index contributed by atoms with van der Waals surface area (Å²) in [6, 6.07) is 0. The van der Waals surface area contributed by atoms with E-state index in [1.54, 1.807) is 4.98 Å². The average Bonchev–Trinajstić information content (AvgIpc) is 2.38. The zero-order chi connectivity index (χ0) is 22.7. The van der Waals surface area contributed by atoms with E-state index in [0.29, 0.717) is 0 Å². The molecule has 0 fully saturated rings. The minimum Gasteiger partial charge on any atom is -0.189 e. The summed E-state index contributed by atoms with van der Waals surface area (Å²) in [6.45, 7) is 0. The van der Waals surface area contributed by atoms with Crippen molar-refractivity contribution in [2.45, 2.75) is 24.5 Å². The van der Waals surface area contributed by atoms with Crippen LogP contribution in [-0.2, 0) is 51.1 Å². The molecule has 0 saturated heterocycles. The van der Waals surface area contributed by atoms with Gasteiger partial charge in [-0.05, 0) is 0 Å². The van der Waals surface area contributed by atoms with Crippen molar-refractivity contribution in [3.63, 3.8) is 0 Å². The molecule has 0 N–H and O–H groups in total. The zero-order valence-corrected chi connectivity index (χ0v) is 16.0. The highest BCUT2D eigenvalue weighted by atomic mass is 32.3. The van der Waals surface area contributed by atoms with E-state index >= 15 is 0 Å². The van der Waals surface area contributed by atoms with Gasteiger partial charge in [0.05, 0.1) is 0 Å². The van der Waals surface area contributed by atoms with Gasteiger partial charge >= 0.3 is 56.8 Å². The van der Waals surface area contributed by atoms with Gasteiger partial charge in [0.25, 0.3) is 0 Å². The summed E-state index contributed by atoms with van der Waals surface area (Å²) in [5.41, 5.74) is -2.81. The fraction of sp³-hybridized carbons (Fsp3) is 0. The lowest BCUT2D eigenvalue weighted by atomic mass is 10.3. The van der Waals surface area contributed by atoms with E-state index in [2.05, 4.69) is 0 Å². The number of rotatable bonds is 5. The van der Waals surface area contributed by atoms with Gasteiger partial charge in [-0.2, -0.15) is 42.1 Å². The molecule has 0 amide bonds. The van der Waals surface area contributed by atoms with E-state index < -0.39 is 81.3 Å². The van der Waals surface area contributed by atoms with Crippen LogP contribution in [0.3, 0.4) is 0 Å². The van der Waals surface area contributed by atoms with Crippen LogP contribution in [0.5, 0.6) is 0 Å². The first-order valence-electron chi connectivity index (χ1n) is 5.38. The molecule has 0 aliphatic rings. The Kier molecular flexibility index (Phi) is 5.62. The highest BCUT2D eigenvalue weighted by Gasteiger charge is 2.53. The summed E-state index contributed by atoms with van der Waals surface area (Å²) >= 11 is 0. The van der Waals surface area contributed by atoms with E-state index in [0.717, 1.165) is 0 Å². The predicted octanol–water partition coefficient (Wildman–Crippen LogP) is 0.462. The molecule has 1 rings (SSSR count). The van der Waals surface area contributed by atoms with E-state index in [-0.39, 0.29) is 0 Å². The minimum absolute atomic E-state index is 1.56. The normalized spacial score (nSPS) is 13.9. The fourth-order valence-electron chi connectivity index (χ4n) is 1.84. The van der Waals surface area contributed by atoms with Crippen molar-refractivity contribution in [3.8, 4) is 0 Å². The van der Waals surface area contributed by atoms with Crippen molar-refractivity contribution >= 4 is 56.8 Å². The molecule has 158 valence electrons. The summed E-state index contributed by atoms with van der Waals surface area (Å²) in [5.74, 6) is 0. The highest BCUT2D eigenvalue weighted by Crippen LogP contribution is 2.48. The van der Waals surface area contributed by atoms with Gasteiger partial charge in [-0.15, -0.1) is 11.7 Å². The van der Waals surface area contributed by atoms with Gasteiger partial charge in [0.15, 0.2) is 14.8 Å². The molecule has 1 aromatic carbocycles. The first-order valence-corrected chi connectivity index (χ1v) is 12.3. The van der Waals surface area contributed by atoms with Crippen LogP contribution in [0.1, 0.15) is 0 Å². The molecule has 0 spiro atoms. The third-order valence-corrected chi connectivity index (χ3v) is 7.55. The smallest absolute Gasteiger partial charge is 0.189 e. The lowest BCUT2D eigenvalue weighted by Gasteiger charge is -2.10. The molecule has 22 heteroatoms. The average molecular weight is 515 g/mol. The molecule has 12 nitrogen and oxygen atoms in total. The van der Waals surface area contributed by atoms with E-state index in [1.165, 1.54) is 0 Å². The molecule has 28 heavy (non-hydrogen) atoms. The Hall–Kier alpha value is -1.96. The van der Waals surface area contributed by atoms with E-state index in [9.17, 15) is 61.5 Å². The van der Waals surface area contributed by atoms with Crippen molar-refractivity contribution in [1.82, 2.24) is 0 Å². The van der Waals surface area contributed by atoms with E-state index in [4.69, 9.17) is 5.39 Å². The summed E-state index contributed by atoms with van der Waals surface area (Å²) in [6.07, 6.45) is 0. The maximum Gasteiger partial charge on any atom is 0.430 e. The molecule has 0 aliphatic heterocycles. The first-order chi connectivity index (χ1) is 12.1. The van der Waals surface area contributed by atoms with Gasteiger partial charge in [0.1, 0.15) is 4.90 Å². The molecular formula is C6F5N2O10S5+. The third kappa shape index (κ3) is 4.37. The van der Waals surface area contributed by atoms with E-state index in [1.807, 2.05) is 0 Å². The predicted molar refractivity (Wildman–Crippen MR) is 72.7 cm³/mol. The summed E-state index contributed by atoms with van der Waals surface area (Å²) in [7, 11) is -35.2. The Morgan fingerprint density at radius 2 is 0.643 bits per heavy atom. The van der Waals surface area contributed by atoms with Crippen molar-refractivity contribution in [1.29, 1.82) is 5.39 Å². The number of hydrogen-bond donors (Lipinski definition) is 0. The van der Waals surface area contributed by atoms with Crippen molar-refractivity contribution in [2.75, 3.05) is 0 Å². The Labute approximate surface area is 153 Å². The second kappa shape index (κ2) is 6.54. The highest BCUT2D eigenvalue weighted by molar-refractivity contribution is 7.93. The summed E-state index contributed by atoms with van der Waals surface area (Å²) < 4.78 is 178. The van der Waals surface area contributed by atoms with Crippen LogP contribution < -0.4 is 0 Å². The van der Waals surface area contributed by atoms with Crippen LogP contribution in [0.2, 0.25) is 0 Å². The molecule has 0 saturated carbocycles. The van der Waals surface area contributed by atoms with Crippen LogP contribution in [0.25, 0.3) is 4.98 Å². The molecule has 0 heterocycles. The van der Waals surface area contributed by atoms with Crippen LogP contribution in [-0.4, -0.2) is 42.1 Å². The molecule has 0 bridgehead atoms. The first kappa shape index (κ1) is 24.1. The maximum atomic E-state index is 13.5. The largest absolute Gasteiger partial charge is 0.430 e. The minimum atomic E-state index is -7.14. The summed E-state index contributed by atoms with van der Waals surface area (Å²) in [4.78, 5) is -14.8. The number of nitrogens with zero attached hydrogens (tertiary/aromatic N) is 2. The van der Waals surface area contributed by atoms with Crippen LogP contribution in [0, 0.1) is 5.39 Å². The van der Waals surface area contributed by atoms with Crippen LogP contribution >= 0.6 is 0 Å². The SMILES string of the molecule is N#[N+]c1c(S(=O)(=O)F)c(S(=O)(=O)F)c(S(=O)(=O)F)c(S(=O)(=O)F)c1S(=O)(=O)F. The van der Waals surface area contributed by atoms with Gasteiger partial charge in [0.2, 0.25) is 15.2 Å². The fourth-order valence-corrected chi connectivity index (χ4v) is 7.81. The monoisotopic (exact) mass is 515 g/mol. The Bertz CT molecular complexity index is 1380. The van der Waals surface area contributed by atoms with Gasteiger partial charge in [-0.25, -0.2) is 0 Å². The molecule has 1 aromatic rings. The zero-order valence-electron chi connectivity index (χ0n) is 11.9. The van der Waals surface area contributed by atoms with Crippen molar-refractivity contribution in [2.24, 2.45) is 0 Å². The number of benzene rings is 1. The molecular weight excluding hydrogens is 515 g/mol. The standard InChI is InChI=1S/C6F5N2O10S5/c7-24(14,15)2-1(13-12)3(25(8,16)17)5(27(10,20)21)6(28(11,22)23)4(2)26(9,18)19/q+1. The molecule has 0 atom stereocenters. The van der Waals surface area contributed by atoms with Gasteiger partial charge in [-0.1, -0.05) is 7.77 Å². The van der Waals surface area contributed by atoms with Gasteiger partial charge < -0.3 is 0 Å². The quantitative estimate of drug-likeness (QED) is 0.300. The van der Waals surface area contributed by atoms with Crippen LogP contribution in [0.15, 0.2) is 24.5 Å². The molecule has 0 unspecified atom stereocenters. The van der Waals surface area contributed by atoms with Gasteiger partial charge in [0, 0.05) is 0 Å². The lowest BCUT2D eigenvalue weighted by molar-refractivity contribution is 0.507. The van der Waals surface area contributed by atoms with Crippen molar-refractivity contribution < 1.29 is 61.5 Å². The third-order valence-electron chi connectivity index (χ3n) is 2.57. The number of halogens is 5. The Balaban J connectivity index is 5.14. The molecule has 0 aromatic heterocycles. The molecule has 0 radical (unpaired) electrons. The van der Waals surface area contributed by atoms with Crippen LogP contribution in [0.4, 0.5) is 25.1 Å². The number of hydrogen-bond acceptors (Lipinski definition) is 11. The Morgan fingerprint density at radius 3 is 0.786 bits per heavy atom. The number of diazo groups is 1. The topological polar surface area (TPSA) is 199 Å². The van der Waals surface area contributed by atoms with Crippen molar-refractivity contribution in [3.05, 3.63) is 4.98 Å². The lowest BCUT2D eigenvalue weighted by Crippen LogP contribution is -2.17. The molecule has 0 aliphatic carbocycles. The second-order valence-corrected chi connectivity index (χ2v) is 10.7.